The van der Waals surface area contributed by atoms with Gasteiger partial charge in [-0.25, -0.2) is 14.4 Å². The molecule has 3 aromatic rings. The fourth-order valence-corrected chi connectivity index (χ4v) is 3.80. The van der Waals surface area contributed by atoms with E-state index in [0.717, 1.165) is 28.5 Å². The molecule has 1 heterocycles. The number of pyridine rings is 1. The maximum Gasteiger partial charge on any atom is 0.146 e. The Morgan fingerprint density at radius 3 is 2.85 bits per heavy atom. The molecule has 0 radical (unpaired) electrons. The van der Waals surface area contributed by atoms with E-state index in [2.05, 4.69) is 20.6 Å². The number of nitrogens with zero attached hydrogens (tertiary/aromatic N) is 2. The number of hydrogen-bond donors (Lipinski definition) is 3. The second-order valence-corrected chi connectivity index (χ2v) is 7.71. The number of aromatic nitrogens is 1. The van der Waals surface area contributed by atoms with Crippen LogP contribution in [0.1, 0.15) is 22.4 Å². The third-order valence-electron chi connectivity index (χ3n) is 5.04. The van der Waals surface area contributed by atoms with Crippen LogP contribution in [0.3, 0.4) is 0 Å². The zero-order valence-corrected chi connectivity index (χ0v) is 19.6. The summed E-state index contributed by atoms with van der Waals surface area (Å²) >= 11 is 6.37. The van der Waals surface area contributed by atoms with Crippen molar-refractivity contribution >= 4 is 34.7 Å². The molecule has 0 spiro atoms. The first kappa shape index (κ1) is 24.6. The van der Waals surface area contributed by atoms with Crippen molar-refractivity contribution in [2.75, 3.05) is 27.3 Å². The Hall–Kier alpha value is -3.07. The van der Waals surface area contributed by atoms with E-state index in [9.17, 15) is 4.39 Å². The number of ether oxygens (including phenoxy) is 2. The Morgan fingerprint density at radius 2 is 2.12 bits per heavy atom. The summed E-state index contributed by atoms with van der Waals surface area (Å²) < 4.78 is 25.2. The lowest BCUT2D eigenvalue weighted by Crippen LogP contribution is -2.20. The SMILES string of the molecule is CN/C(=N\C=N)c1cc(C)nc2c(OCc3c(Cl)cc(F)cc3CNCCOC)cccc12. The molecular weight excluding hydrogens is 445 g/mol. The van der Waals surface area contributed by atoms with E-state index in [0.29, 0.717) is 47.4 Å². The number of benzene rings is 2. The minimum atomic E-state index is -0.399. The van der Waals surface area contributed by atoms with E-state index in [1.807, 2.05) is 31.2 Å². The van der Waals surface area contributed by atoms with Crippen LogP contribution in [0.5, 0.6) is 5.75 Å². The third kappa shape index (κ3) is 6.04. The Labute approximate surface area is 197 Å². The highest BCUT2D eigenvalue weighted by molar-refractivity contribution is 6.31. The molecule has 7 nitrogen and oxygen atoms in total. The molecule has 2 aromatic carbocycles. The highest BCUT2D eigenvalue weighted by atomic mass is 35.5. The van der Waals surface area contributed by atoms with Crippen molar-refractivity contribution in [3.63, 3.8) is 0 Å². The summed E-state index contributed by atoms with van der Waals surface area (Å²) in [6, 6.07) is 10.3. The number of hydrogen-bond acceptors (Lipinski definition) is 5. The average molecular weight is 472 g/mol. The van der Waals surface area contributed by atoms with Crippen LogP contribution >= 0.6 is 11.6 Å². The fourth-order valence-electron chi connectivity index (χ4n) is 3.52. The molecule has 33 heavy (non-hydrogen) atoms. The predicted octanol–water partition coefficient (Wildman–Crippen LogP) is 4.22. The number of para-hydroxylation sites is 1. The molecule has 1 aromatic heterocycles. The summed E-state index contributed by atoms with van der Waals surface area (Å²) in [4.78, 5) is 8.78. The first-order valence-electron chi connectivity index (χ1n) is 10.4. The number of halogens is 2. The molecule has 0 aliphatic rings. The zero-order valence-electron chi connectivity index (χ0n) is 18.8. The molecule has 3 rings (SSSR count). The van der Waals surface area contributed by atoms with E-state index in [-0.39, 0.29) is 6.61 Å². The summed E-state index contributed by atoms with van der Waals surface area (Å²) in [6.45, 7) is 3.65. The van der Waals surface area contributed by atoms with Gasteiger partial charge in [0.2, 0.25) is 0 Å². The van der Waals surface area contributed by atoms with Crippen LogP contribution in [0.2, 0.25) is 5.02 Å². The van der Waals surface area contributed by atoms with Crippen LogP contribution in [0.15, 0.2) is 41.4 Å². The first-order valence-corrected chi connectivity index (χ1v) is 10.8. The van der Waals surface area contributed by atoms with Gasteiger partial charge in [0.1, 0.15) is 35.9 Å². The Kier molecular flexibility index (Phi) is 8.71. The number of aryl methyl sites for hydroxylation is 1. The summed E-state index contributed by atoms with van der Waals surface area (Å²) in [5.74, 6) is 0.731. The van der Waals surface area contributed by atoms with Crippen molar-refractivity contribution in [3.05, 3.63) is 69.6 Å². The van der Waals surface area contributed by atoms with Gasteiger partial charge in [-0.05, 0) is 36.8 Å². The van der Waals surface area contributed by atoms with Crippen molar-refractivity contribution in [1.29, 1.82) is 5.41 Å². The lowest BCUT2D eigenvalue weighted by molar-refractivity contribution is 0.199. The van der Waals surface area contributed by atoms with E-state index >= 15 is 0 Å². The fraction of sp³-hybridized carbons (Fsp3) is 0.292. The van der Waals surface area contributed by atoms with Gasteiger partial charge >= 0.3 is 0 Å². The number of aliphatic imine (C=N–C) groups is 1. The van der Waals surface area contributed by atoms with Crippen LogP contribution in [-0.2, 0) is 17.9 Å². The lowest BCUT2D eigenvalue weighted by atomic mass is 10.1. The second kappa shape index (κ2) is 11.7. The van der Waals surface area contributed by atoms with Gasteiger partial charge in [0.25, 0.3) is 0 Å². The van der Waals surface area contributed by atoms with Gasteiger partial charge in [-0.3, -0.25) is 5.41 Å². The minimum Gasteiger partial charge on any atom is -0.487 e. The molecule has 0 saturated heterocycles. The number of nitrogens with one attached hydrogen (secondary N) is 3. The topological polar surface area (TPSA) is 91.6 Å². The maximum atomic E-state index is 14.0. The molecule has 0 fully saturated rings. The van der Waals surface area contributed by atoms with Gasteiger partial charge in [-0.15, -0.1) is 0 Å². The molecule has 0 aliphatic heterocycles. The van der Waals surface area contributed by atoms with Crippen LogP contribution in [-0.4, -0.2) is 44.5 Å². The van der Waals surface area contributed by atoms with Gasteiger partial charge in [-0.2, -0.15) is 0 Å². The van der Waals surface area contributed by atoms with Crippen LogP contribution < -0.4 is 15.4 Å². The number of fused-ring (bicyclic) bond motifs is 1. The first-order chi connectivity index (χ1) is 16.0. The number of rotatable bonds is 10. The maximum absolute atomic E-state index is 14.0. The third-order valence-corrected chi connectivity index (χ3v) is 5.38. The minimum absolute atomic E-state index is 0.151. The summed E-state index contributed by atoms with van der Waals surface area (Å²) in [5.41, 5.74) is 3.69. The van der Waals surface area contributed by atoms with Gasteiger partial charge in [-0.1, -0.05) is 23.7 Å². The van der Waals surface area contributed by atoms with Crippen LogP contribution in [0.25, 0.3) is 10.9 Å². The van der Waals surface area contributed by atoms with Gasteiger partial charge in [0.05, 0.1) is 11.6 Å². The van der Waals surface area contributed by atoms with Crippen molar-refractivity contribution in [2.45, 2.75) is 20.1 Å². The smallest absolute Gasteiger partial charge is 0.146 e. The molecular formula is C24H27ClFN5O2. The van der Waals surface area contributed by atoms with Crippen LogP contribution in [0.4, 0.5) is 4.39 Å². The van der Waals surface area contributed by atoms with E-state index in [4.69, 9.17) is 26.5 Å². The summed E-state index contributed by atoms with van der Waals surface area (Å²) in [6.07, 6.45) is 0.993. The second-order valence-electron chi connectivity index (χ2n) is 7.30. The Morgan fingerprint density at radius 1 is 1.30 bits per heavy atom. The van der Waals surface area contributed by atoms with Crippen molar-refractivity contribution in [2.24, 2.45) is 4.99 Å². The van der Waals surface area contributed by atoms with E-state index < -0.39 is 5.82 Å². The standard InChI is InChI=1S/C24H27ClFN5O2/c1-15-9-19(24(28-2)30-14-27)18-5-4-6-22(23(18)31-15)33-13-20-16(12-29-7-8-32-3)10-17(26)11-21(20)25/h4-6,9-11,14,29H,7-8,12-13H2,1-3H3,(H2,27,28,30). The summed E-state index contributed by atoms with van der Waals surface area (Å²) in [5, 5.41) is 14.7. The highest BCUT2D eigenvalue weighted by Gasteiger charge is 2.15. The largest absolute Gasteiger partial charge is 0.487 e. The molecule has 0 bridgehead atoms. The van der Waals surface area contributed by atoms with E-state index in [1.54, 1.807) is 14.2 Å². The van der Waals surface area contributed by atoms with E-state index in [1.165, 1.54) is 12.1 Å². The van der Waals surface area contributed by atoms with Crippen molar-refractivity contribution in [3.8, 4) is 5.75 Å². The molecule has 0 aliphatic carbocycles. The van der Waals surface area contributed by atoms with Gasteiger partial charge in [0, 0.05) is 49.5 Å². The lowest BCUT2D eigenvalue weighted by Gasteiger charge is -2.16. The van der Waals surface area contributed by atoms with Gasteiger partial charge < -0.3 is 20.1 Å². The Bertz CT molecular complexity index is 1170. The molecule has 0 unspecified atom stereocenters. The van der Waals surface area contributed by atoms with Gasteiger partial charge in [0.15, 0.2) is 0 Å². The molecule has 0 saturated carbocycles. The molecule has 9 heteroatoms. The molecule has 0 amide bonds. The van der Waals surface area contributed by atoms with Crippen LogP contribution in [0, 0.1) is 18.2 Å². The summed E-state index contributed by atoms with van der Waals surface area (Å²) in [7, 11) is 3.38. The quantitative estimate of drug-likeness (QED) is 0.234. The molecule has 3 N–H and O–H groups in total. The van der Waals surface area contributed by atoms with Crippen molar-refractivity contribution < 1.29 is 13.9 Å². The zero-order chi connectivity index (χ0) is 23.8. The predicted molar refractivity (Wildman–Crippen MR) is 130 cm³/mol. The average Bonchev–Trinajstić information content (AvgIpc) is 2.79. The normalized spacial score (nSPS) is 11.6. The van der Waals surface area contributed by atoms with Crippen molar-refractivity contribution in [1.82, 2.24) is 15.6 Å². The number of methoxy groups -OCH3 is 1. The number of amidine groups is 1. The molecule has 0 atom stereocenters. The Balaban J connectivity index is 1.95. The monoisotopic (exact) mass is 471 g/mol. The molecule has 174 valence electrons. The highest BCUT2D eigenvalue weighted by Crippen LogP contribution is 2.30.